The van der Waals surface area contributed by atoms with Gasteiger partial charge in [-0.3, -0.25) is 9.59 Å². The van der Waals surface area contributed by atoms with Gasteiger partial charge in [0.2, 0.25) is 12.0 Å². The zero-order chi connectivity index (χ0) is 86.7. The van der Waals surface area contributed by atoms with E-state index in [0.29, 0.717) is 24.8 Å². The van der Waals surface area contributed by atoms with Crippen molar-refractivity contribution in [2.75, 3.05) is 74.2 Å². The minimum Gasteiger partial charge on any atom is -0.493 e. The van der Waals surface area contributed by atoms with Gasteiger partial charge in [0.1, 0.15) is 109 Å². The number of fused-ring (bicyclic) bond motifs is 7. The van der Waals surface area contributed by atoms with Crippen LogP contribution in [0.1, 0.15) is 112 Å². The molecule has 0 unspecified atom stereocenters. The highest BCUT2D eigenvalue weighted by molar-refractivity contribution is 5.87. The van der Waals surface area contributed by atoms with E-state index in [9.17, 15) is 107 Å². The lowest BCUT2D eigenvalue weighted by Crippen LogP contribution is -2.72. The molecule has 7 aliphatic heterocycles. The highest BCUT2D eigenvalue weighted by Crippen LogP contribution is 2.77. The molecule has 4 saturated carbocycles. The topological polar surface area (TPSA) is 592 Å². The van der Waals surface area contributed by atoms with E-state index in [1.165, 1.54) is 48.2 Å². The van der Waals surface area contributed by atoms with Gasteiger partial charge in [-0.15, -0.1) is 0 Å². The molecular formula is C80H120O39. The zero-order valence-corrected chi connectivity index (χ0v) is 68.0. The number of aliphatic hydroxyl groups excluding tert-OH is 16. The molecule has 0 aromatic heterocycles. The maximum atomic E-state index is 16.3. The minimum absolute atomic E-state index is 0.0137. The van der Waals surface area contributed by atoms with Crippen LogP contribution in [0.3, 0.4) is 0 Å². The second-order valence-electron chi connectivity index (χ2n) is 36.2. The zero-order valence-electron chi connectivity index (χ0n) is 68.0. The lowest BCUT2D eigenvalue weighted by Gasteiger charge is -2.72. The molecule has 12 aliphatic rings. The Morgan fingerprint density at radius 3 is 1.71 bits per heavy atom. The number of benzene rings is 1. The van der Waals surface area contributed by atoms with Gasteiger partial charge < -0.3 is 178 Å². The molecule has 5 aliphatic carbocycles. The number of rotatable bonds is 24. The Hall–Kier alpha value is -4.69. The van der Waals surface area contributed by atoms with Gasteiger partial charge in [-0.2, -0.15) is 0 Å². The van der Waals surface area contributed by atoms with Crippen molar-refractivity contribution in [3.05, 3.63) is 35.4 Å². The van der Waals surface area contributed by atoms with Crippen molar-refractivity contribution in [1.82, 2.24) is 0 Å². The van der Waals surface area contributed by atoms with Crippen LogP contribution in [0, 0.1) is 56.2 Å². The number of aliphatic carboxylic acids is 1. The smallest absolute Gasteiger partial charge is 0.331 e. The van der Waals surface area contributed by atoms with Crippen LogP contribution in [0.2, 0.25) is 0 Å². The Kier molecular flexibility index (Phi) is 27.0. The maximum absolute atomic E-state index is 16.3. The van der Waals surface area contributed by atoms with Crippen LogP contribution in [0.15, 0.2) is 29.9 Å². The van der Waals surface area contributed by atoms with E-state index in [1.807, 2.05) is 13.0 Å². The number of methoxy groups -OCH3 is 3. The highest BCUT2D eigenvalue weighted by Gasteiger charge is 2.75. The number of hydrogen-bond acceptors (Lipinski definition) is 38. The second-order valence-corrected chi connectivity index (χ2v) is 36.2. The van der Waals surface area contributed by atoms with Gasteiger partial charge in [0, 0.05) is 17.4 Å². The van der Waals surface area contributed by atoms with Crippen LogP contribution in [0.25, 0.3) is 6.08 Å². The van der Waals surface area contributed by atoms with E-state index in [1.54, 1.807) is 12.1 Å². The number of hydrogen-bond donors (Lipinski definition) is 19. The summed E-state index contributed by atoms with van der Waals surface area (Å²) in [7, 11) is 4.19. The van der Waals surface area contributed by atoms with Gasteiger partial charge in [-0.05, 0) is 136 Å². The molecule has 674 valence electrons. The van der Waals surface area contributed by atoms with Gasteiger partial charge >= 0.3 is 17.9 Å². The first-order valence-electron chi connectivity index (χ1n) is 40.7. The van der Waals surface area contributed by atoms with Gasteiger partial charge in [0.15, 0.2) is 55.2 Å². The standard InChI is InChI=1S/C80H120O39/c1-33-56(114-46(87)14-11-35-21-40(103-8)58(105-10)41(22-35)104-9)53(93)62(118-67-55(95)61(117-70-64(97)80(102,30-84)32-109-70)57(34(2)110-67)115-66-54(94)59(116-69-63(96)79(101,29-83)31-108-69)43(27-107-66)113-65-52(92)48(88)39(86)26-106-65)68(111-33)119-72(100)77-18-17-73(3,4)23-37(77)36-12-13-44-74(5)24-38(85)47(60-51(91)50(90)49(89)42(25-81)112-60)76(7,71(98)99)45(74)15-16-75(44,6)78(36,28-82)20-19-77/h11-12,14,21-22,33-34,37-39,42-45,47-57,59-70,81-86,88-97,101-102H,13,15-20,23-32H2,1-10H3,(H,98,99)/b14-11+/t33-,34+,37+,38+,39+,42-,43-,44-,45-,47-,48+,49-,50+,51-,52-,53+,54-,55-,56+,57+,59+,60+,61+,62-,63+,64+,65+,66+,67+,68+,69+,70+,74-,75-,76+,77+,78+,79-,80-/m1/s1. The maximum Gasteiger partial charge on any atom is 0.331 e. The summed E-state index contributed by atoms with van der Waals surface area (Å²) in [5.41, 5.74) is -10.2. The number of ether oxygens (including phenoxy) is 17. The number of carboxylic acids is 1. The molecule has 0 amide bonds. The summed E-state index contributed by atoms with van der Waals surface area (Å²) in [6.45, 7) is 6.52. The van der Waals surface area contributed by atoms with Crippen LogP contribution in [0.5, 0.6) is 17.2 Å². The van der Waals surface area contributed by atoms with Crippen molar-refractivity contribution in [3.63, 3.8) is 0 Å². The summed E-state index contributed by atoms with van der Waals surface area (Å²) in [5.74, 6) is -5.65. The van der Waals surface area contributed by atoms with Crippen molar-refractivity contribution in [2.45, 2.75) is 289 Å². The van der Waals surface area contributed by atoms with E-state index < -0.39 is 310 Å². The second kappa shape index (κ2) is 34.9. The van der Waals surface area contributed by atoms with Gasteiger partial charge in [-0.1, -0.05) is 39.3 Å². The first-order chi connectivity index (χ1) is 56.1. The van der Waals surface area contributed by atoms with Gasteiger partial charge in [0.25, 0.3) is 0 Å². The number of esters is 2. The number of aliphatic hydroxyl groups is 18. The molecule has 1 aromatic carbocycles. The predicted molar refractivity (Wildman–Crippen MR) is 396 cm³/mol. The van der Waals surface area contributed by atoms with Crippen LogP contribution in [0.4, 0.5) is 0 Å². The Morgan fingerprint density at radius 1 is 0.538 bits per heavy atom. The van der Waals surface area contributed by atoms with Crippen molar-refractivity contribution >= 4 is 24.0 Å². The molecule has 7 heterocycles. The summed E-state index contributed by atoms with van der Waals surface area (Å²) >= 11 is 0. The third-order valence-electron chi connectivity index (χ3n) is 29.1. The fourth-order valence-corrected chi connectivity index (χ4v) is 22.2. The molecule has 11 fully saturated rings. The van der Waals surface area contributed by atoms with Gasteiger partial charge in [-0.25, -0.2) is 4.79 Å². The third kappa shape index (κ3) is 15.9. The van der Waals surface area contributed by atoms with Crippen LogP contribution in [-0.4, -0.2) is 372 Å². The van der Waals surface area contributed by atoms with Crippen molar-refractivity contribution in [2.24, 2.45) is 56.2 Å². The van der Waals surface area contributed by atoms with E-state index in [-0.39, 0.29) is 55.8 Å². The van der Waals surface area contributed by atoms with E-state index in [4.69, 9.17) is 80.5 Å². The molecular weight excluding hydrogens is 1580 g/mol. The van der Waals surface area contributed by atoms with E-state index >= 15 is 4.79 Å². The Bertz CT molecular complexity index is 3770. The molecule has 119 heavy (non-hydrogen) atoms. The molecule has 0 bridgehead atoms. The summed E-state index contributed by atoms with van der Waals surface area (Å²) in [6.07, 6.45) is -44.3. The average Bonchev–Trinajstić information content (AvgIpc) is 1.28. The normalized spacial score (nSPS) is 49.1. The number of carbonyl (C=O) groups excluding carboxylic acids is 2. The fourth-order valence-electron chi connectivity index (χ4n) is 22.2. The minimum atomic E-state index is -2.36. The lowest BCUT2D eigenvalue weighted by atomic mass is 9.32. The van der Waals surface area contributed by atoms with Crippen LogP contribution >= 0.6 is 0 Å². The summed E-state index contributed by atoms with van der Waals surface area (Å²) in [4.78, 5) is 44.7. The molecule has 39 nitrogen and oxygen atoms in total. The molecule has 19 N–H and O–H groups in total. The van der Waals surface area contributed by atoms with Crippen molar-refractivity contribution < 1.29 is 192 Å². The number of carbonyl (C=O) groups is 3. The monoisotopic (exact) mass is 1700 g/mol. The third-order valence-corrected chi connectivity index (χ3v) is 29.1. The average molecular weight is 1710 g/mol. The summed E-state index contributed by atoms with van der Waals surface area (Å²) in [6, 6.07) is 3.09. The molecule has 39 heteroatoms. The molecule has 0 spiro atoms. The highest BCUT2D eigenvalue weighted by atomic mass is 16.8. The van der Waals surface area contributed by atoms with Crippen molar-refractivity contribution in [3.8, 4) is 17.2 Å². The SMILES string of the molecule is COc1cc(/C=C/C(=O)O[C@@H]2[C@H](O)[C@@H](O[C@@H]3O[C@@H](C)[C@H](O[C@@H]4OC[C@@H](O[C@@H]5OC[C@H](O)[C@H](O)[C@H]5O)[C@H](O[C@@H]5OC[C@](O)(CO)[C@H]5O)[C@H]4O)[C@@H](O[C@@H]4OC[C@](O)(CO)[C@H]4O)[C@H]3O)[C@H](OC(=O)[C@]34CCC(C)(C)C[C@H]3C3=CC[C@@H]5[C@@]6(C)C[C@H](O)[C@H]([C@@H]7O[C@H](CO)[C@@H](O)[C@H](O)[C@H]7O)[C@@](C)(C(=O)O)[C@@H]6CC[C@@]5(C)[C@]3(CO)CC4)O[C@@H]2C)cc(OC)c1OC. The van der Waals surface area contributed by atoms with Crippen molar-refractivity contribution in [1.29, 1.82) is 0 Å². The first-order valence-corrected chi connectivity index (χ1v) is 40.7. The Morgan fingerprint density at radius 2 is 1.12 bits per heavy atom. The van der Waals surface area contributed by atoms with Crippen LogP contribution in [-0.2, 0) is 80.7 Å². The molecule has 7 saturated heterocycles. The molecule has 13 rings (SSSR count). The molecule has 1 aromatic rings. The van der Waals surface area contributed by atoms with Gasteiger partial charge in [0.05, 0.1) is 109 Å². The Balaban J connectivity index is 0.821. The lowest BCUT2D eigenvalue weighted by molar-refractivity contribution is -0.391. The summed E-state index contributed by atoms with van der Waals surface area (Å²) in [5, 5.41) is 215. The Labute approximate surface area is 685 Å². The van der Waals surface area contributed by atoms with E-state index in [0.717, 1.165) is 11.6 Å². The number of allylic oxidation sites excluding steroid dienone is 1. The fraction of sp³-hybridized carbons (Fsp3) is 0.838. The quantitative estimate of drug-likeness (QED) is 0.0264. The predicted octanol–water partition coefficient (Wildman–Crippen LogP) is -4.38. The van der Waals surface area contributed by atoms with E-state index in [2.05, 4.69) is 20.8 Å². The molecule has 0 radical (unpaired) electrons. The summed E-state index contributed by atoms with van der Waals surface area (Å²) < 4.78 is 102. The van der Waals surface area contributed by atoms with Crippen LogP contribution < -0.4 is 14.2 Å². The first kappa shape index (κ1) is 92.0. The molecule has 39 atom stereocenters. The largest absolute Gasteiger partial charge is 0.493 e. The number of carboxylic acid groups (broad SMARTS) is 1.